The minimum absolute atomic E-state index is 0.00809. The Bertz CT molecular complexity index is 714. The fraction of sp³-hybridized carbons (Fsp3) is 0.286. The average Bonchev–Trinajstić information content (AvgIpc) is 2.68. The van der Waals surface area contributed by atoms with E-state index in [0.717, 1.165) is 44.2 Å². The molecule has 25 heavy (non-hydrogen) atoms. The maximum Gasteiger partial charge on any atom is 0.185 e. The maximum absolute atomic E-state index is 12.3. The molecule has 0 atom stereocenters. The fourth-order valence-electron chi connectivity index (χ4n) is 2.78. The lowest BCUT2D eigenvalue weighted by Gasteiger charge is -2.26. The lowest BCUT2D eigenvalue weighted by Crippen LogP contribution is -2.35. The number of benzene rings is 2. The topological polar surface area (TPSA) is 38.8 Å². The summed E-state index contributed by atoms with van der Waals surface area (Å²) >= 11 is 0. The first-order valence-corrected chi connectivity index (χ1v) is 8.50. The van der Waals surface area contributed by atoms with Gasteiger partial charge in [-0.15, -0.1) is 0 Å². The van der Waals surface area contributed by atoms with Crippen molar-refractivity contribution in [3.8, 4) is 5.75 Å². The van der Waals surface area contributed by atoms with E-state index < -0.39 is 0 Å². The van der Waals surface area contributed by atoms with Gasteiger partial charge in [-0.1, -0.05) is 42.5 Å². The van der Waals surface area contributed by atoms with Gasteiger partial charge in [0.15, 0.2) is 5.78 Å². The van der Waals surface area contributed by atoms with E-state index in [2.05, 4.69) is 4.90 Å². The number of nitrogens with zero attached hydrogens (tertiary/aromatic N) is 1. The van der Waals surface area contributed by atoms with Crippen molar-refractivity contribution in [1.82, 2.24) is 4.90 Å². The summed E-state index contributed by atoms with van der Waals surface area (Å²) in [4.78, 5) is 14.7. The molecule has 0 saturated carbocycles. The number of allylic oxidation sites excluding steroid dienone is 1. The Morgan fingerprint density at radius 2 is 1.76 bits per heavy atom. The summed E-state index contributed by atoms with van der Waals surface area (Å²) in [6, 6.07) is 15.5. The summed E-state index contributed by atoms with van der Waals surface area (Å²) < 4.78 is 10.5. The number of hydrogen-bond donors (Lipinski definition) is 0. The quantitative estimate of drug-likeness (QED) is 0.598. The predicted octanol–water partition coefficient (Wildman–Crippen LogP) is 3.42. The summed E-state index contributed by atoms with van der Waals surface area (Å²) in [5.74, 6) is 0.813. The molecule has 0 radical (unpaired) electrons. The maximum atomic E-state index is 12.3. The molecule has 0 spiro atoms. The van der Waals surface area contributed by atoms with Gasteiger partial charge >= 0.3 is 0 Å². The highest BCUT2D eigenvalue weighted by molar-refractivity contribution is 6.06. The molecule has 0 aliphatic carbocycles. The second kappa shape index (κ2) is 8.60. The third kappa shape index (κ3) is 5.02. The molecular weight excluding hydrogens is 314 g/mol. The standard InChI is InChI=1S/C21H23NO3/c1-24-20-9-4-17(5-10-20)6-11-21(23)19-7-2-18(3-8-19)16-22-12-14-25-15-13-22/h2-11H,12-16H2,1H3. The first-order valence-electron chi connectivity index (χ1n) is 8.50. The molecule has 0 aromatic heterocycles. The number of methoxy groups -OCH3 is 1. The third-order valence-corrected chi connectivity index (χ3v) is 4.29. The van der Waals surface area contributed by atoms with Crippen molar-refractivity contribution in [2.24, 2.45) is 0 Å². The van der Waals surface area contributed by atoms with E-state index in [9.17, 15) is 4.79 Å². The van der Waals surface area contributed by atoms with E-state index in [-0.39, 0.29) is 5.78 Å². The highest BCUT2D eigenvalue weighted by atomic mass is 16.5. The molecular formula is C21H23NO3. The number of carbonyl (C=O) groups excluding carboxylic acids is 1. The van der Waals surface area contributed by atoms with Crippen molar-refractivity contribution in [1.29, 1.82) is 0 Å². The van der Waals surface area contributed by atoms with E-state index in [1.54, 1.807) is 13.2 Å². The number of ether oxygens (including phenoxy) is 2. The molecule has 130 valence electrons. The zero-order valence-electron chi connectivity index (χ0n) is 14.5. The molecule has 4 nitrogen and oxygen atoms in total. The minimum atomic E-state index is 0.00809. The zero-order chi connectivity index (χ0) is 17.5. The average molecular weight is 337 g/mol. The van der Waals surface area contributed by atoms with Crippen LogP contribution in [0.15, 0.2) is 54.6 Å². The molecule has 1 aliphatic heterocycles. The van der Waals surface area contributed by atoms with Crippen LogP contribution in [0.25, 0.3) is 6.08 Å². The summed E-state index contributed by atoms with van der Waals surface area (Å²) in [7, 11) is 1.64. The number of rotatable bonds is 6. The van der Waals surface area contributed by atoms with E-state index >= 15 is 0 Å². The summed E-state index contributed by atoms with van der Waals surface area (Å²) in [5.41, 5.74) is 2.89. The smallest absolute Gasteiger partial charge is 0.185 e. The molecule has 0 unspecified atom stereocenters. The monoisotopic (exact) mass is 337 g/mol. The van der Waals surface area contributed by atoms with E-state index in [0.29, 0.717) is 5.56 Å². The third-order valence-electron chi connectivity index (χ3n) is 4.29. The van der Waals surface area contributed by atoms with Crippen molar-refractivity contribution in [3.05, 3.63) is 71.3 Å². The molecule has 0 amide bonds. The van der Waals surface area contributed by atoms with Crippen LogP contribution in [0.4, 0.5) is 0 Å². The second-order valence-corrected chi connectivity index (χ2v) is 6.06. The van der Waals surface area contributed by atoms with Crippen LogP contribution in [-0.2, 0) is 11.3 Å². The van der Waals surface area contributed by atoms with Gasteiger partial charge < -0.3 is 9.47 Å². The van der Waals surface area contributed by atoms with Crippen molar-refractivity contribution in [3.63, 3.8) is 0 Å². The van der Waals surface area contributed by atoms with Crippen LogP contribution in [0.5, 0.6) is 5.75 Å². The van der Waals surface area contributed by atoms with Gasteiger partial charge in [-0.3, -0.25) is 9.69 Å². The summed E-state index contributed by atoms with van der Waals surface area (Å²) in [6.45, 7) is 4.43. The van der Waals surface area contributed by atoms with Crippen LogP contribution in [0.1, 0.15) is 21.5 Å². The number of morpholine rings is 1. The molecule has 2 aromatic rings. The number of ketones is 1. The Morgan fingerprint density at radius 1 is 1.08 bits per heavy atom. The molecule has 2 aromatic carbocycles. The van der Waals surface area contributed by atoms with Crippen LogP contribution < -0.4 is 4.74 Å². The SMILES string of the molecule is COc1ccc(C=CC(=O)c2ccc(CN3CCOCC3)cc2)cc1. The van der Waals surface area contributed by atoms with Gasteiger partial charge in [-0.2, -0.15) is 0 Å². The van der Waals surface area contributed by atoms with Gasteiger partial charge in [0.2, 0.25) is 0 Å². The van der Waals surface area contributed by atoms with Crippen LogP contribution in [-0.4, -0.2) is 44.1 Å². The predicted molar refractivity (Wildman–Crippen MR) is 98.9 cm³/mol. The largest absolute Gasteiger partial charge is 0.497 e. The lowest BCUT2D eigenvalue weighted by molar-refractivity contribution is 0.0342. The van der Waals surface area contributed by atoms with Gasteiger partial charge in [0.05, 0.1) is 20.3 Å². The lowest BCUT2D eigenvalue weighted by atomic mass is 10.1. The fourth-order valence-corrected chi connectivity index (χ4v) is 2.78. The van der Waals surface area contributed by atoms with Crippen LogP contribution in [0, 0.1) is 0 Å². The normalized spacial score (nSPS) is 15.4. The number of carbonyl (C=O) groups is 1. The van der Waals surface area contributed by atoms with Gasteiger partial charge in [0.25, 0.3) is 0 Å². The molecule has 1 aliphatic rings. The van der Waals surface area contributed by atoms with Crippen molar-refractivity contribution in [2.75, 3.05) is 33.4 Å². The molecule has 1 saturated heterocycles. The van der Waals surface area contributed by atoms with E-state index in [4.69, 9.17) is 9.47 Å². The Kier molecular flexibility index (Phi) is 5.99. The highest BCUT2D eigenvalue weighted by Crippen LogP contribution is 2.14. The Balaban J connectivity index is 1.58. The summed E-state index contributed by atoms with van der Waals surface area (Å²) in [6.07, 6.45) is 3.43. The van der Waals surface area contributed by atoms with E-state index in [1.807, 2.05) is 54.6 Å². The van der Waals surface area contributed by atoms with Crippen molar-refractivity contribution >= 4 is 11.9 Å². The van der Waals surface area contributed by atoms with Crippen LogP contribution in [0.3, 0.4) is 0 Å². The van der Waals surface area contributed by atoms with Crippen LogP contribution in [0.2, 0.25) is 0 Å². The Labute approximate surface area is 148 Å². The van der Waals surface area contributed by atoms with Crippen molar-refractivity contribution < 1.29 is 14.3 Å². The van der Waals surface area contributed by atoms with Crippen molar-refractivity contribution in [2.45, 2.75) is 6.54 Å². The molecule has 1 heterocycles. The van der Waals surface area contributed by atoms with Gasteiger partial charge in [0.1, 0.15) is 5.75 Å². The second-order valence-electron chi connectivity index (χ2n) is 6.06. The Morgan fingerprint density at radius 3 is 2.40 bits per heavy atom. The first-order chi connectivity index (χ1) is 12.2. The van der Waals surface area contributed by atoms with Gasteiger partial charge in [-0.25, -0.2) is 0 Å². The minimum Gasteiger partial charge on any atom is -0.497 e. The highest BCUT2D eigenvalue weighted by Gasteiger charge is 2.10. The molecule has 4 heteroatoms. The molecule has 0 N–H and O–H groups in total. The van der Waals surface area contributed by atoms with Crippen LogP contribution >= 0.6 is 0 Å². The van der Waals surface area contributed by atoms with Gasteiger partial charge in [0, 0.05) is 25.2 Å². The molecule has 1 fully saturated rings. The zero-order valence-corrected chi connectivity index (χ0v) is 14.5. The van der Waals surface area contributed by atoms with E-state index in [1.165, 1.54) is 5.56 Å². The summed E-state index contributed by atoms with van der Waals surface area (Å²) in [5, 5.41) is 0. The molecule has 3 rings (SSSR count). The number of hydrogen-bond acceptors (Lipinski definition) is 4. The molecule has 0 bridgehead atoms. The van der Waals surface area contributed by atoms with Gasteiger partial charge in [-0.05, 0) is 29.3 Å². The first kappa shape index (κ1) is 17.4. The Hall–Kier alpha value is -2.43.